The second kappa shape index (κ2) is 5.69. The molecule has 5 heteroatoms. The summed E-state index contributed by atoms with van der Waals surface area (Å²) in [6.07, 6.45) is 0.757. The molecule has 2 rings (SSSR count). The molecule has 0 aliphatic rings. The van der Waals surface area contributed by atoms with E-state index in [1.54, 1.807) is 7.11 Å². The van der Waals surface area contributed by atoms with Gasteiger partial charge in [0.1, 0.15) is 5.82 Å². The second-order valence-corrected chi connectivity index (χ2v) is 4.67. The number of benzene rings is 1. The molecule has 1 atom stereocenters. The van der Waals surface area contributed by atoms with Gasteiger partial charge in [0.25, 0.3) is 0 Å². The molecule has 0 saturated carbocycles. The Morgan fingerprint density at radius 1 is 1.50 bits per heavy atom. The maximum absolute atomic E-state index is 6.16. The van der Waals surface area contributed by atoms with Crippen molar-refractivity contribution < 1.29 is 4.74 Å². The fourth-order valence-electron chi connectivity index (χ4n) is 2.10. The largest absolute Gasteiger partial charge is 0.385 e. The lowest BCUT2D eigenvalue weighted by Gasteiger charge is -2.12. The van der Waals surface area contributed by atoms with Gasteiger partial charge in [0.2, 0.25) is 0 Å². The Kier molecular flexibility index (Phi) is 4.22. The third-order valence-corrected chi connectivity index (χ3v) is 3.26. The van der Waals surface area contributed by atoms with Crippen LogP contribution in [-0.4, -0.2) is 23.3 Å². The van der Waals surface area contributed by atoms with Crippen LogP contribution < -0.4 is 5.73 Å². The van der Waals surface area contributed by atoms with Crippen molar-refractivity contribution in [1.82, 2.24) is 9.55 Å². The highest BCUT2D eigenvalue weighted by atomic mass is 35.5. The van der Waals surface area contributed by atoms with Crippen molar-refractivity contribution in [2.75, 3.05) is 13.7 Å². The quantitative estimate of drug-likeness (QED) is 0.906. The van der Waals surface area contributed by atoms with E-state index in [0.717, 1.165) is 29.8 Å². The van der Waals surface area contributed by atoms with E-state index in [1.165, 1.54) is 0 Å². The number of aryl methyl sites for hydroxylation is 1. The number of methoxy groups -OCH3 is 1. The predicted molar refractivity (Wildman–Crippen MR) is 73.8 cm³/mol. The fourth-order valence-corrected chi connectivity index (χ4v) is 2.27. The Bertz CT molecular complexity index is 538. The number of nitrogens with zero attached hydrogens (tertiary/aromatic N) is 2. The van der Waals surface area contributed by atoms with E-state index in [9.17, 15) is 0 Å². The van der Waals surface area contributed by atoms with Gasteiger partial charge >= 0.3 is 0 Å². The fraction of sp³-hybridized carbons (Fsp3) is 0.462. The Balaban J connectivity index is 2.43. The van der Waals surface area contributed by atoms with Crippen LogP contribution in [0.1, 0.15) is 25.2 Å². The molecule has 1 unspecified atom stereocenters. The number of imidazole rings is 1. The molecule has 2 aromatic rings. The molecule has 2 N–H and O–H groups in total. The molecular formula is C13H18ClN3O. The van der Waals surface area contributed by atoms with Crippen LogP contribution in [0.25, 0.3) is 11.0 Å². The van der Waals surface area contributed by atoms with Gasteiger partial charge in [0, 0.05) is 25.3 Å². The first-order valence-electron chi connectivity index (χ1n) is 6.07. The third kappa shape index (κ3) is 2.51. The summed E-state index contributed by atoms with van der Waals surface area (Å²) < 4.78 is 7.18. The summed E-state index contributed by atoms with van der Waals surface area (Å²) in [6.45, 7) is 3.54. The Labute approximate surface area is 112 Å². The minimum absolute atomic E-state index is 0.115. The van der Waals surface area contributed by atoms with E-state index >= 15 is 0 Å². The van der Waals surface area contributed by atoms with Gasteiger partial charge in [0.15, 0.2) is 0 Å². The number of hydrogen-bond acceptors (Lipinski definition) is 3. The van der Waals surface area contributed by atoms with Gasteiger partial charge in [-0.3, -0.25) is 0 Å². The van der Waals surface area contributed by atoms with Gasteiger partial charge in [-0.1, -0.05) is 11.6 Å². The van der Waals surface area contributed by atoms with E-state index in [4.69, 9.17) is 22.1 Å². The Hall–Kier alpha value is -1.10. The second-order valence-electron chi connectivity index (χ2n) is 4.24. The zero-order chi connectivity index (χ0) is 13.1. The van der Waals surface area contributed by atoms with Crippen molar-refractivity contribution in [3.05, 3.63) is 29.0 Å². The zero-order valence-electron chi connectivity index (χ0n) is 10.7. The minimum atomic E-state index is -0.115. The summed E-state index contributed by atoms with van der Waals surface area (Å²) in [5.41, 5.74) is 8.13. The van der Waals surface area contributed by atoms with Gasteiger partial charge in [0.05, 0.1) is 17.1 Å². The number of aromatic nitrogens is 2. The number of nitrogens with two attached hydrogens (primary N) is 1. The highest BCUT2D eigenvalue weighted by molar-refractivity contribution is 6.31. The lowest BCUT2D eigenvalue weighted by atomic mass is 10.2. The molecule has 1 aromatic heterocycles. The molecule has 18 heavy (non-hydrogen) atoms. The molecule has 1 heterocycles. The molecule has 4 nitrogen and oxygen atoms in total. The number of halogens is 1. The van der Waals surface area contributed by atoms with Crippen molar-refractivity contribution in [2.45, 2.75) is 25.9 Å². The van der Waals surface area contributed by atoms with Crippen molar-refractivity contribution in [3.8, 4) is 0 Å². The molecule has 0 radical (unpaired) electrons. The molecule has 1 aromatic carbocycles. The summed E-state index contributed by atoms with van der Waals surface area (Å²) in [5, 5.41) is 0.717. The molecule has 0 aliphatic heterocycles. The maximum atomic E-state index is 6.16. The smallest absolute Gasteiger partial charge is 0.126 e. The molecule has 0 aliphatic carbocycles. The van der Waals surface area contributed by atoms with E-state index in [1.807, 2.05) is 18.2 Å². The molecule has 0 fully saturated rings. The summed E-state index contributed by atoms with van der Waals surface area (Å²) in [7, 11) is 1.68. The maximum Gasteiger partial charge on any atom is 0.126 e. The van der Waals surface area contributed by atoms with E-state index < -0.39 is 0 Å². The van der Waals surface area contributed by atoms with Gasteiger partial charge in [-0.05, 0) is 31.5 Å². The van der Waals surface area contributed by atoms with Crippen LogP contribution in [0.5, 0.6) is 0 Å². The van der Waals surface area contributed by atoms with Gasteiger partial charge < -0.3 is 15.0 Å². The van der Waals surface area contributed by atoms with Crippen LogP contribution in [0.3, 0.4) is 0 Å². The van der Waals surface area contributed by atoms with Crippen LogP contribution in [-0.2, 0) is 11.3 Å². The first-order valence-corrected chi connectivity index (χ1v) is 6.45. The standard InChI is InChI=1S/C13H18ClN3O/c1-3-17-12-8-9(14)4-5-11(12)16-13(17)10(15)6-7-18-2/h4-5,8,10H,3,6-7,15H2,1-2H3. The van der Waals surface area contributed by atoms with E-state index in [-0.39, 0.29) is 6.04 Å². The van der Waals surface area contributed by atoms with Crippen molar-refractivity contribution in [2.24, 2.45) is 5.73 Å². The molecule has 0 bridgehead atoms. The minimum Gasteiger partial charge on any atom is -0.385 e. The lowest BCUT2D eigenvalue weighted by Crippen LogP contribution is -2.18. The first-order chi connectivity index (χ1) is 8.67. The summed E-state index contributed by atoms with van der Waals surface area (Å²) in [4.78, 5) is 4.60. The molecule has 0 spiro atoms. The molecule has 0 saturated heterocycles. The predicted octanol–water partition coefficient (Wildman–Crippen LogP) is 2.75. The highest BCUT2D eigenvalue weighted by Gasteiger charge is 2.16. The van der Waals surface area contributed by atoms with Gasteiger partial charge in [-0.25, -0.2) is 4.98 Å². The van der Waals surface area contributed by atoms with E-state index in [0.29, 0.717) is 11.6 Å². The normalized spacial score (nSPS) is 13.1. The summed E-state index contributed by atoms with van der Waals surface area (Å²) >= 11 is 6.03. The number of fused-ring (bicyclic) bond motifs is 1. The average Bonchev–Trinajstić information content (AvgIpc) is 2.73. The highest BCUT2D eigenvalue weighted by Crippen LogP contribution is 2.24. The van der Waals surface area contributed by atoms with Crippen LogP contribution >= 0.6 is 11.6 Å². The molecule has 0 amide bonds. The first kappa shape index (κ1) is 13.3. The van der Waals surface area contributed by atoms with Crippen LogP contribution in [0.4, 0.5) is 0 Å². The van der Waals surface area contributed by atoms with Gasteiger partial charge in [-0.15, -0.1) is 0 Å². The SMILES string of the molecule is CCn1c(C(N)CCOC)nc2ccc(Cl)cc21. The van der Waals surface area contributed by atoms with Crippen LogP contribution in [0.15, 0.2) is 18.2 Å². The zero-order valence-corrected chi connectivity index (χ0v) is 11.4. The third-order valence-electron chi connectivity index (χ3n) is 3.02. The van der Waals surface area contributed by atoms with Crippen molar-refractivity contribution in [1.29, 1.82) is 0 Å². The number of hydrogen-bond donors (Lipinski definition) is 1. The topological polar surface area (TPSA) is 53.1 Å². The monoisotopic (exact) mass is 267 g/mol. The lowest BCUT2D eigenvalue weighted by molar-refractivity contribution is 0.186. The Morgan fingerprint density at radius 3 is 2.94 bits per heavy atom. The molecular weight excluding hydrogens is 250 g/mol. The Morgan fingerprint density at radius 2 is 2.28 bits per heavy atom. The number of rotatable bonds is 5. The van der Waals surface area contributed by atoms with Crippen molar-refractivity contribution in [3.63, 3.8) is 0 Å². The van der Waals surface area contributed by atoms with Gasteiger partial charge in [-0.2, -0.15) is 0 Å². The summed E-state index contributed by atoms with van der Waals surface area (Å²) in [5.74, 6) is 0.895. The summed E-state index contributed by atoms with van der Waals surface area (Å²) in [6, 6.07) is 5.59. The average molecular weight is 268 g/mol. The number of ether oxygens (including phenoxy) is 1. The molecule has 98 valence electrons. The van der Waals surface area contributed by atoms with Crippen LogP contribution in [0.2, 0.25) is 5.02 Å². The van der Waals surface area contributed by atoms with Crippen LogP contribution in [0, 0.1) is 0 Å². The van der Waals surface area contributed by atoms with Crippen molar-refractivity contribution >= 4 is 22.6 Å². The van der Waals surface area contributed by atoms with E-state index in [2.05, 4.69) is 16.5 Å².